The van der Waals surface area contributed by atoms with Gasteiger partial charge in [-0.15, -0.1) is 0 Å². The number of allylic oxidation sites excluding steroid dienone is 1. The van der Waals surface area contributed by atoms with Crippen LogP contribution < -0.4 is 21.0 Å². The van der Waals surface area contributed by atoms with Gasteiger partial charge in [-0.1, -0.05) is 31.4 Å². The summed E-state index contributed by atoms with van der Waals surface area (Å²) in [7, 11) is 3.51. The fraction of sp³-hybridized carbons (Fsp3) is 0.296. The first-order chi connectivity index (χ1) is 18.7. The Labute approximate surface area is 231 Å². The molecule has 1 aromatic carbocycles. The summed E-state index contributed by atoms with van der Waals surface area (Å²) in [6.45, 7) is 9.38. The normalized spacial score (nSPS) is 14.2. The minimum absolute atomic E-state index is 0.0605. The lowest BCUT2D eigenvalue weighted by Gasteiger charge is -2.29. The molecular weight excluding hydrogens is 517 g/mol. The van der Waals surface area contributed by atoms with Crippen LogP contribution in [0.15, 0.2) is 66.3 Å². The van der Waals surface area contributed by atoms with Crippen LogP contribution in [0.2, 0.25) is 0 Å². The Kier molecular flexibility index (Phi) is 9.42. The first-order valence-corrected chi connectivity index (χ1v) is 12.9. The third-order valence-corrected chi connectivity index (χ3v) is 6.96. The van der Waals surface area contributed by atoms with Crippen LogP contribution in [0.1, 0.15) is 37.5 Å². The number of aromatic nitrogens is 1. The number of aliphatic imine (C=N–C) groups is 1. The number of thiazole rings is 1. The molecule has 1 fully saturated rings. The third-order valence-electron chi connectivity index (χ3n) is 5.93. The van der Waals surface area contributed by atoms with Gasteiger partial charge in [0.25, 0.3) is 0 Å². The first-order valence-electron chi connectivity index (χ1n) is 12.1. The number of hydrazine groups is 1. The molecule has 10 nitrogen and oxygen atoms in total. The molecule has 3 rings (SSSR count). The third kappa shape index (κ3) is 7.00. The van der Waals surface area contributed by atoms with Gasteiger partial charge < -0.3 is 15.5 Å². The second kappa shape index (κ2) is 12.7. The number of nitrogens with one attached hydrogen (secondary N) is 3. The Morgan fingerprint density at radius 1 is 1.28 bits per heavy atom. The van der Waals surface area contributed by atoms with Crippen molar-refractivity contribution in [2.24, 2.45) is 4.99 Å². The van der Waals surface area contributed by atoms with Gasteiger partial charge in [-0.3, -0.25) is 15.2 Å². The quantitative estimate of drug-likeness (QED) is 0.205. The van der Waals surface area contributed by atoms with Gasteiger partial charge in [0.15, 0.2) is 5.13 Å². The van der Waals surface area contributed by atoms with E-state index in [0.29, 0.717) is 57.9 Å². The van der Waals surface area contributed by atoms with E-state index >= 15 is 0 Å². The average Bonchev–Trinajstić information content (AvgIpc) is 3.56. The lowest BCUT2D eigenvalue weighted by atomic mass is 10.1. The topological polar surface area (TPSA) is 132 Å². The van der Waals surface area contributed by atoms with Gasteiger partial charge in [0.05, 0.1) is 18.2 Å². The van der Waals surface area contributed by atoms with Crippen LogP contribution in [0.25, 0.3) is 11.3 Å². The highest BCUT2D eigenvalue weighted by Gasteiger charge is 2.44. The van der Waals surface area contributed by atoms with Gasteiger partial charge in [0, 0.05) is 25.9 Å². The van der Waals surface area contributed by atoms with E-state index < -0.39 is 5.54 Å². The molecule has 1 heterocycles. The van der Waals surface area contributed by atoms with Crippen LogP contribution in [0.5, 0.6) is 0 Å². The van der Waals surface area contributed by atoms with Gasteiger partial charge in [0.1, 0.15) is 39.7 Å². The zero-order chi connectivity index (χ0) is 28.6. The Hall–Kier alpha value is -4.68. The van der Waals surface area contributed by atoms with E-state index in [2.05, 4.69) is 51.3 Å². The molecule has 0 unspecified atom stereocenters. The number of amidine groups is 1. The summed E-state index contributed by atoms with van der Waals surface area (Å²) in [5.74, 6) is 0.309. The largest absolute Gasteiger partial charge is 0.347 e. The number of anilines is 1. The van der Waals surface area contributed by atoms with E-state index in [-0.39, 0.29) is 18.1 Å². The van der Waals surface area contributed by atoms with E-state index in [1.165, 1.54) is 35.9 Å². The van der Waals surface area contributed by atoms with E-state index in [9.17, 15) is 19.7 Å². The number of nitriles is 2. The number of halogens is 1. The van der Waals surface area contributed by atoms with Crippen LogP contribution in [-0.4, -0.2) is 41.4 Å². The number of nitrogens with zero attached hydrogens (tertiary/aromatic N) is 6. The number of carbonyl (C=O) groups excluding carboxylic acids is 1. The number of benzene rings is 1. The minimum Gasteiger partial charge on any atom is -0.347 e. The Bertz CT molecular complexity index is 1380. The molecule has 1 aliphatic rings. The molecule has 0 aliphatic heterocycles. The van der Waals surface area contributed by atoms with E-state index in [0.717, 1.165) is 0 Å². The number of hydrogen-bond acceptors (Lipinski definition) is 9. The fourth-order valence-corrected chi connectivity index (χ4v) is 4.53. The Morgan fingerprint density at radius 2 is 1.97 bits per heavy atom. The molecule has 0 saturated heterocycles. The summed E-state index contributed by atoms with van der Waals surface area (Å²) >= 11 is 1.20. The molecular formula is C27H30FN9OS. The summed E-state index contributed by atoms with van der Waals surface area (Å²) in [6, 6.07) is 10.1. The van der Waals surface area contributed by atoms with Crippen molar-refractivity contribution in [1.29, 1.82) is 10.5 Å². The van der Waals surface area contributed by atoms with Crippen LogP contribution >= 0.6 is 11.3 Å². The Balaban J connectivity index is 1.88. The molecule has 1 aliphatic carbocycles. The maximum Gasteiger partial charge on any atom is 0.228 e. The van der Waals surface area contributed by atoms with Crippen molar-refractivity contribution in [3.05, 3.63) is 72.0 Å². The second-order valence-corrected chi connectivity index (χ2v) is 9.68. The van der Waals surface area contributed by atoms with Crippen molar-refractivity contribution in [3.8, 4) is 23.4 Å². The lowest BCUT2D eigenvalue weighted by Crippen LogP contribution is -2.45. The standard InChI is InChI=1S/C27H30FN9OS/c1-6-20(35-37(5)22(31-7-2)15-23(38)34-27(17-30)13-14-27)25(32-8-3)36(4)26-33-24(21(16-29)39-26)18-9-11-19(28)12-10-18/h7-12,32,35H,2-3,6,13-15H2,1,4-5H3,(H,34,38)/b25-20+,31-22?. The van der Waals surface area contributed by atoms with Crippen molar-refractivity contribution < 1.29 is 9.18 Å². The summed E-state index contributed by atoms with van der Waals surface area (Å²) in [6.07, 6.45) is 4.61. The zero-order valence-corrected chi connectivity index (χ0v) is 22.9. The minimum atomic E-state index is -0.774. The molecule has 1 saturated carbocycles. The molecule has 0 radical (unpaired) electrons. The van der Waals surface area contributed by atoms with Crippen molar-refractivity contribution in [3.63, 3.8) is 0 Å². The van der Waals surface area contributed by atoms with Crippen LogP contribution in [0.3, 0.4) is 0 Å². The number of hydrogen-bond donors (Lipinski definition) is 3. The molecule has 39 heavy (non-hydrogen) atoms. The summed E-state index contributed by atoms with van der Waals surface area (Å²) < 4.78 is 13.4. The van der Waals surface area contributed by atoms with Crippen molar-refractivity contribution in [1.82, 2.24) is 26.1 Å². The fourth-order valence-electron chi connectivity index (χ4n) is 3.68. The van der Waals surface area contributed by atoms with E-state index in [4.69, 9.17) is 0 Å². The van der Waals surface area contributed by atoms with Crippen LogP contribution in [0.4, 0.5) is 9.52 Å². The summed E-state index contributed by atoms with van der Waals surface area (Å²) in [5, 5.41) is 27.0. The van der Waals surface area contributed by atoms with Gasteiger partial charge in [-0.2, -0.15) is 10.5 Å². The summed E-state index contributed by atoms with van der Waals surface area (Å²) in [5.41, 5.74) is 4.30. The molecule has 1 amide bonds. The second-order valence-electron chi connectivity index (χ2n) is 8.70. The average molecular weight is 548 g/mol. The number of rotatable bonds is 12. The highest BCUT2D eigenvalue weighted by molar-refractivity contribution is 7.16. The predicted octanol–water partition coefficient (Wildman–Crippen LogP) is 4.11. The molecule has 0 atom stereocenters. The molecule has 1 aromatic heterocycles. The van der Waals surface area contributed by atoms with Crippen molar-refractivity contribution in [2.75, 3.05) is 19.0 Å². The van der Waals surface area contributed by atoms with Crippen LogP contribution in [-0.2, 0) is 4.79 Å². The van der Waals surface area contributed by atoms with Crippen molar-refractivity contribution in [2.45, 2.75) is 38.1 Å². The Morgan fingerprint density at radius 3 is 2.51 bits per heavy atom. The molecule has 0 bridgehead atoms. The summed E-state index contributed by atoms with van der Waals surface area (Å²) in [4.78, 5) is 23.7. The number of amides is 1. The monoisotopic (exact) mass is 547 g/mol. The first kappa shape index (κ1) is 28.9. The maximum absolute atomic E-state index is 13.4. The SMILES string of the molecule is C=CN=C(CC(=O)NC1(C#N)CC1)N(C)N/C(CC)=C(\NC=C)N(C)c1nc(-c2ccc(F)cc2)c(C#N)s1. The molecule has 202 valence electrons. The molecule has 3 N–H and O–H groups in total. The predicted molar refractivity (Wildman–Crippen MR) is 150 cm³/mol. The van der Waals surface area contributed by atoms with Gasteiger partial charge in [0.2, 0.25) is 5.91 Å². The molecule has 12 heteroatoms. The van der Waals surface area contributed by atoms with Gasteiger partial charge in [-0.25, -0.2) is 14.4 Å². The molecule has 2 aromatic rings. The zero-order valence-electron chi connectivity index (χ0n) is 22.1. The van der Waals surface area contributed by atoms with Crippen molar-refractivity contribution >= 4 is 28.2 Å². The lowest BCUT2D eigenvalue weighted by molar-refractivity contribution is -0.120. The van der Waals surface area contributed by atoms with E-state index in [1.807, 2.05) is 6.92 Å². The van der Waals surface area contributed by atoms with Crippen LogP contribution in [0, 0.1) is 28.5 Å². The van der Waals surface area contributed by atoms with Gasteiger partial charge >= 0.3 is 0 Å². The molecule has 0 spiro atoms. The van der Waals surface area contributed by atoms with E-state index in [1.54, 1.807) is 36.1 Å². The number of carbonyl (C=O) groups is 1. The smallest absolute Gasteiger partial charge is 0.228 e. The van der Waals surface area contributed by atoms with Gasteiger partial charge in [-0.05, 0) is 49.7 Å². The maximum atomic E-state index is 13.4. The highest BCUT2D eigenvalue weighted by atomic mass is 32.1. The highest BCUT2D eigenvalue weighted by Crippen LogP contribution is 2.35.